The van der Waals surface area contributed by atoms with Gasteiger partial charge >= 0.3 is 0 Å². The van der Waals surface area contributed by atoms with Crippen LogP contribution in [-0.2, 0) is 13.6 Å². The first-order valence-corrected chi connectivity index (χ1v) is 7.14. The molecule has 0 radical (unpaired) electrons. The number of nitrogens with two attached hydrogens (primary N) is 1. The van der Waals surface area contributed by atoms with Gasteiger partial charge in [0, 0.05) is 38.1 Å². The maximum Gasteiger partial charge on any atom is 0.0843 e. The first kappa shape index (κ1) is 12.6. The van der Waals surface area contributed by atoms with Gasteiger partial charge in [0.15, 0.2) is 0 Å². The maximum absolute atomic E-state index is 5.75. The molecule has 1 saturated carbocycles. The van der Waals surface area contributed by atoms with Gasteiger partial charge in [-0.1, -0.05) is 24.6 Å². The Morgan fingerprint density at radius 2 is 2.16 bits per heavy atom. The van der Waals surface area contributed by atoms with Crippen LogP contribution in [0.3, 0.4) is 0 Å². The third-order valence-electron chi connectivity index (χ3n) is 4.19. The highest BCUT2D eigenvalue weighted by Gasteiger charge is 2.25. The fourth-order valence-electron chi connectivity index (χ4n) is 2.91. The van der Waals surface area contributed by atoms with Crippen molar-refractivity contribution >= 4 is 10.9 Å². The molecule has 102 valence electrons. The van der Waals surface area contributed by atoms with Crippen molar-refractivity contribution in [3.63, 3.8) is 0 Å². The molecule has 1 aromatic carbocycles. The molecule has 0 spiro atoms. The molecule has 19 heavy (non-hydrogen) atoms. The first-order valence-electron chi connectivity index (χ1n) is 7.14. The molecule has 0 unspecified atom stereocenters. The molecule has 1 aliphatic rings. The number of hydrogen-bond acceptors (Lipinski definition) is 3. The molecule has 4 nitrogen and oxygen atoms in total. The van der Waals surface area contributed by atoms with Gasteiger partial charge in [-0.3, -0.25) is 9.58 Å². The number of fused-ring (bicyclic) bond motifs is 1. The third kappa shape index (κ3) is 2.38. The number of aryl methyl sites for hydroxylation is 1. The van der Waals surface area contributed by atoms with Gasteiger partial charge in [-0.25, -0.2) is 0 Å². The highest BCUT2D eigenvalue weighted by Crippen LogP contribution is 2.27. The van der Waals surface area contributed by atoms with Gasteiger partial charge in [0.1, 0.15) is 0 Å². The summed E-state index contributed by atoms with van der Waals surface area (Å²) in [6.07, 6.45) is 3.98. The maximum atomic E-state index is 5.75. The van der Waals surface area contributed by atoms with E-state index in [1.54, 1.807) is 0 Å². The molecule has 2 N–H and O–H groups in total. The summed E-state index contributed by atoms with van der Waals surface area (Å²) in [4.78, 5) is 2.50. The van der Waals surface area contributed by atoms with Gasteiger partial charge in [-0.05, 0) is 18.9 Å². The molecule has 2 aromatic rings. The monoisotopic (exact) mass is 258 g/mol. The molecule has 0 amide bonds. The number of para-hydroxylation sites is 1. The minimum Gasteiger partial charge on any atom is -0.329 e. The normalized spacial score (nSPS) is 16.2. The molecule has 0 aliphatic heterocycles. The average molecular weight is 258 g/mol. The quantitative estimate of drug-likeness (QED) is 0.891. The van der Waals surface area contributed by atoms with Crippen molar-refractivity contribution in [1.29, 1.82) is 0 Å². The summed E-state index contributed by atoms with van der Waals surface area (Å²) in [5, 5.41) is 5.96. The Morgan fingerprint density at radius 1 is 1.37 bits per heavy atom. The van der Waals surface area contributed by atoms with Crippen molar-refractivity contribution < 1.29 is 0 Å². The SMILES string of the molecule is Cn1nc(CN(CCN)C2CCC2)c2ccccc21. The molecular weight excluding hydrogens is 236 g/mol. The van der Waals surface area contributed by atoms with Gasteiger partial charge in [0.2, 0.25) is 0 Å². The summed E-state index contributed by atoms with van der Waals surface area (Å²) in [6, 6.07) is 9.16. The Hall–Kier alpha value is -1.39. The largest absolute Gasteiger partial charge is 0.329 e. The molecule has 0 saturated heterocycles. The molecule has 1 aliphatic carbocycles. The second-order valence-corrected chi connectivity index (χ2v) is 5.43. The van der Waals surface area contributed by atoms with Crippen molar-refractivity contribution in [2.24, 2.45) is 12.8 Å². The Kier molecular flexibility index (Phi) is 3.53. The lowest BCUT2D eigenvalue weighted by Crippen LogP contribution is -2.42. The van der Waals surface area contributed by atoms with E-state index in [0.717, 1.165) is 19.6 Å². The van der Waals surface area contributed by atoms with Crippen LogP contribution in [0.1, 0.15) is 25.0 Å². The van der Waals surface area contributed by atoms with Gasteiger partial charge in [0.05, 0.1) is 11.2 Å². The van der Waals surface area contributed by atoms with Crippen LogP contribution in [0.25, 0.3) is 10.9 Å². The van der Waals surface area contributed by atoms with Crippen LogP contribution in [0.5, 0.6) is 0 Å². The Labute approximate surface area is 114 Å². The number of nitrogens with zero attached hydrogens (tertiary/aromatic N) is 3. The molecule has 1 heterocycles. The van der Waals surface area contributed by atoms with E-state index in [9.17, 15) is 0 Å². The molecule has 0 bridgehead atoms. The lowest BCUT2D eigenvalue weighted by molar-refractivity contribution is 0.122. The van der Waals surface area contributed by atoms with Crippen LogP contribution in [0.15, 0.2) is 24.3 Å². The van der Waals surface area contributed by atoms with Gasteiger partial charge in [0.25, 0.3) is 0 Å². The van der Waals surface area contributed by atoms with Crippen molar-refractivity contribution in [3.8, 4) is 0 Å². The molecule has 3 rings (SSSR count). The number of rotatable bonds is 5. The van der Waals surface area contributed by atoms with E-state index in [0.29, 0.717) is 6.04 Å². The summed E-state index contributed by atoms with van der Waals surface area (Å²) < 4.78 is 1.98. The first-order chi connectivity index (χ1) is 9.29. The number of aromatic nitrogens is 2. The molecule has 4 heteroatoms. The van der Waals surface area contributed by atoms with Crippen LogP contribution in [0.4, 0.5) is 0 Å². The fraction of sp³-hybridized carbons (Fsp3) is 0.533. The molecule has 1 fully saturated rings. The van der Waals surface area contributed by atoms with Crippen LogP contribution < -0.4 is 5.73 Å². The minimum absolute atomic E-state index is 0.712. The average Bonchev–Trinajstić information content (AvgIpc) is 2.65. The highest BCUT2D eigenvalue weighted by molar-refractivity contribution is 5.81. The fourth-order valence-corrected chi connectivity index (χ4v) is 2.91. The van der Waals surface area contributed by atoms with E-state index in [-0.39, 0.29) is 0 Å². The van der Waals surface area contributed by atoms with Crippen molar-refractivity contribution in [2.45, 2.75) is 31.8 Å². The van der Waals surface area contributed by atoms with Crippen LogP contribution in [-0.4, -0.2) is 33.8 Å². The van der Waals surface area contributed by atoms with Crippen molar-refractivity contribution in [2.75, 3.05) is 13.1 Å². The highest BCUT2D eigenvalue weighted by atomic mass is 15.3. The second kappa shape index (κ2) is 5.31. The second-order valence-electron chi connectivity index (χ2n) is 5.43. The van der Waals surface area contributed by atoms with Crippen LogP contribution in [0, 0.1) is 0 Å². The van der Waals surface area contributed by atoms with E-state index < -0.39 is 0 Å². The zero-order valence-corrected chi connectivity index (χ0v) is 11.5. The predicted octanol–water partition coefficient (Wildman–Crippen LogP) is 1.89. The van der Waals surface area contributed by atoms with Crippen molar-refractivity contribution in [3.05, 3.63) is 30.0 Å². The van der Waals surface area contributed by atoms with E-state index in [4.69, 9.17) is 5.73 Å². The summed E-state index contributed by atoms with van der Waals surface area (Å²) in [7, 11) is 2.02. The zero-order valence-electron chi connectivity index (χ0n) is 11.5. The Bertz CT molecular complexity index is 556. The van der Waals surface area contributed by atoms with Crippen molar-refractivity contribution in [1.82, 2.24) is 14.7 Å². The summed E-state index contributed by atoms with van der Waals surface area (Å²) in [6.45, 7) is 2.61. The number of hydrogen-bond donors (Lipinski definition) is 1. The van der Waals surface area contributed by atoms with E-state index in [2.05, 4.69) is 34.3 Å². The minimum atomic E-state index is 0.712. The van der Waals surface area contributed by atoms with Gasteiger partial charge < -0.3 is 5.73 Å². The summed E-state index contributed by atoms with van der Waals surface area (Å²) in [5.74, 6) is 0. The Balaban J connectivity index is 1.86. The van der Waals surface area contributed by atoms with Crippen LogP contribution >= 0.6 is 0 Å². The summed E-state index contributed by atoms with van der Waals surface area (Å²) in [5.41, 5.74) is 8.14. The molecular formula is C15H22N4. The van der Waals surface area contributed by atoms with E-state index in [1.165, 1.54) is 35.9 Å². The molecule has 0 atom stereocenters. The van der Waals surface area contributed by atoms with Crippen LogP contribution in [0.2, 0.25) is 0 Å². The lowest BCUT2D eigenvalue weighted by atomic mass is 9.91. The number of benzene rings is 1. The van der Waals surface area contributed by atoms with Gasteiger partial charge in [-0.2, -0.15) is 5.10 Å². The van der Waals surface area contributed by atoms with E-state index in [1.807, 2.05) is 11.7 Å². The predicted molar refractivity (Wildman–Crippen MR) is 77.8 cm³/mol. The summed E-state index contributed by atoms with van der Waals surface area (Å²) >= 11 is 0. The zero-order chi connectivity index (χ0) is 13.2. The standard InChI is InChI=1S/C15H22N4/c1-18-15-8-3-2-7-13(15)14(17-18)11-19(10-9-16)12-5-4-6-12/h2-3,7-8,12H,4-6,9-11,16H2,1H3. The Morgan fingerprint density at radius 3 is 2.84 bits per heavy atom. The topological polar surface area (TPSA) is 47.1 Å². The lowest BCUT2D eigenvalue weighted by Gasteiger charge is -2.37. The third-order valence-corrected chi connectivity index (χ3v) is 4.19. The smallest absolute Gasteiger partial charge is 0.0843 e. The van der Waals surface area contributed by atoms with E-state index >= 15 is 0 Å². The van der Waals surface area contributed by atoms with Gasteiger partial charge in [-0.15, -0.1) is 0 Å². The molecule has 1 aromatic heterocycles.